The van der Waals surface area contributed by atoms with Gasteiger partial charge in [-0.25, -0.2) is 0 Å². The molecule has 2 aromatic rings. The topological polar surface area (TPSA) is 72.9 Å². The van der Waals surface area contributed by atoms with Gasteiger partial charge in [0.1, 0.15) is 11.5 Å². The van der Waals surface area contributed by atoms with Gasteiger partial charge in [0.2, 0.25) is 0 Å². The van der Waals surface area contributed by atoms with Crippen LogP contribution in [-0.2, 0) is 22.4 Å². The average molecular weight is 450 g/mol. The van der Waals surface area contributed by atoms with Crippen molar-refractivity contribution in [1.29, 1.82) is 0 Å². The predicted molar refractivity (Wildman–Crippen MR) is 125 cm³/mol. The van der Waals surface area contributed by atoms with Gasteiger partial charge in [0.05, 0.1) is 5.56 Å². The van der Waals surface area contributed by atoms with Crippen LogP contribution in [-0.4, -0.2) is 42.3 Å². The molecule has 4 rings (SSSR count). The summed E-state index contributed by atoms with van der Waals surface area (Å²) in [5.41, 5.74) is 2.69. The van der Waals surface area contributed by atoms with Crippen LogP contribution in [0.3, 0.4) is 0 Å². The first-order valence-corrected chi connectivity index (χ1v) is 12.0. The van der Waals surface area contributed by atoms with E-state index >= 15 is 0 Å². The Morgan fingerprint density at radius 1 is 0.939 bits per heavy atom. The summed E-state index contributed by atoms with van der Waals surface area (Å²) in [5.74, 6) is -0.446. The van der Waals surface area contributed by atoms with Gasteiger partial charge in [0.25, 0.3) is 0 Å². The number of esters is 2. The molecule has 0 unspecified atom stereocenters. The highest BCUT2D eigenvalue weighted by atomic mass is 16.5. The Hall–Kier alpha value is -2.99. The van der Waals surface area contributed by atoms with E-state index in [-0.39, 0.29) is 23.9 Å². The molecule has 0 amide bonds. The fourth-order valence-corrected chi connectivity index (χ4v) is 4.61. The van der Waals surface area contributed by atoms with E-state index in [1.54, 1.807) is 19.1 Å². The second-order valence-electron chi connectivity index (χ2n) is 8.75. The number of fused-ring (bicyclic) bond motifs is 2. The first kappa shape index (κ1) is 23.2. The number of ether oxygens (including phenoxy) is 2. The van der Waals surface area contributed by atoms with Crippen molar-refractivity contribution in [1.82, 2.24) is 4.90 Å². The number of likely N-dealkylation sites (tertiary alicyclic amines) is 1. The molecule has 0 saturated carbocycles. The number of piperidine rings is 1. The Morgan fingerprint density at radius 2 is 1.70 bits per heavy atom. The summed E-state index contributed by atoms with van der Waals surface area (Å²) in [4.78, 5) is 40.3. The number of benzene rings is 2. The maximum atomic E-state index is 13.3. The summed E-state index contributed by atoms with van der Waals surface area (Å²) in [7, 11) is 0. The predicted octanol–water partition coefficient (Wildman–Crippen LogP) is 4.50. The third kappa shape index (κ3) is 5.69. The van der Waals surface area contributed by atoms with E-state index in [9.17, 15) is 14.4 Å². The third-order valence-corrected chi connectivity index (χ3v) is 6.36. The number of carbonyl (C=O) groups is 3. The quantitative estimate of drug-likeness (QED) is 0.458. The van der Waals surface area contributed by atoms with E-state index in [4.69, 9.17) is 9.47 Å². The van der Waals surface area contributed by atoms with Crippen molar-refractivity contribution in [2.24, 2.45) is 0 Å². The second kappa shape index (κ2) is 10.8. The first-order valence-electron chi connectivity index (χ1n) is 12.0. The van der Waals surface area contributed by atoms with Crippen molar-refractivity contribution >= 4 is 17.7 Å². The van der Waals surface area contributed by atoms with Crippen molar-refractivity contribution in [3.63, 3.8) is 0 Å². The van der Waals surface area contributed by atoms with Crippen molar-refractivity contribution in [2.45, 2.75) is 58.3 Å². The van der Waals surface area contributed by atoms with E-state index in [1.165, 1.54) is 25.3 Å². The zero-order valence-electron chi connectivity index (χ0n) is 19.2. The highest BCUT2D eigenvalue weighted by molar-refractivity contribution is 6.13. The molecule has 0 bridgehead atoms. The van der Waals surface area contributed by atoms with Gasteiger partial charge >= 0.3 is 11.9 Å². The molecule has 33 heavy (non-hydrogen) atoms. The summed E-state index contributed by atoms with van der Waals surface area (Å²) >= 11 is 0. The molecule has 6 heteroatoms. The molecule has 1 aliphatic heterocycles. The molecule has 0 aromatic heterocycles. The Labute approximate surface area is 194 Å². The lowest BCUT2D eigenvalue weighted by molar-refractivity contribution is -0.134. The smallest absolute Gasteiger partial charge is 0.311 e. The Balaban J connectivity index is 1.52. The van der Waals surface area contributed by atoms with Crippen LogP contribution in [0.15, 0.2) is 36.4 Å². The maximum absolute atomic E-state index is 13.3. The molecule has 0 atom stereocenters. The Bertz CT molecular complexity index is 1040. The molecule has 1 aliphatic carbocycles. The summed E-state index contributed by atoms with van der Waals surface area (Å²) in [5, 5.41) is 0. The molecular weight excluding hydrogens is 418 g/mol. The van der Waals surface area contributed by atoms with E-state index in [0.717, 1.165) is 37.2 Å². The molecule has 6 nitrogen and oxygen atoms in total. The molecule has 0 N–H and O–H groups in total. The molecule has 2 aromatic carbocycles. The van der Waals surface area contributed by atoms with Gasteiger partial charge in [-0.05, 0) is 68.9 Å². The zero-order chi connectivity index (χ0) is 23.2. The van der Waals surface area contributed by atoms with E-state index in [1.807, 2.05) is 18.2 Å². The van der Waals surface area contributed by atoms with Crippen LogP contribution < -0.4 is 9.47 Å². The minimum absolute atomic E-state index is 0.164. The minimum atomic E-state index is -0.437. The minimum Gasteiger partial charge on any atom is -0.426 e. The standard InChI is InChI=1S/C27H31NO5/c1-2-24(29)33-23-18-21(32-25(30)11-8-16-28-14-6-3-7-15-28)17-20-13-12-19-9-4-5-10-22(19)27(31)26(20)23/h4-5,9-10,17-18H,2-3,6-8,11-16H2,1H3. The molecule has 2 aliphatic rings. The van der Waals surface area contributed by atoms with Crippen LogP contribution in [0.2, 0.25) is 0 Å². The number of ketones is 1. The lowest BCUT2D eigenvalue weighted by atomic mass is 9.97. The molecule has 1 saturated heterocycles. The van der Waals surface area contributed by atoms with E-state index < -0.39 is 5.97 Å². The Kier molecular flexibility index (Phi) is 7.55. The molecule has 0 spiro atoms. The maximum Gasteiger partial charge on any atom is 0.311 e. The lowest BCUT2D eigenvalue weighted by Gasteiger charge is -2.26. The van der Waals surface area contributed by atoms with E-state index in [0.29, 0.717) is 36.1 Å². The highest BCUT2D eigenvalue weighted by Crippen LogP contribution is 2.35. The van der Waals surface area contributed by atoms with Gasteiger partial charge in [0, 0.05) is 24.5 Å². The molecule has 1 fully saturated rings. The summed E-state index contributed by atoms with van der Waals surface area (Å²) < 4.78 is 11.1. The summed E-state index contributed by atoms with van der Waals surface area (Å²) in [6.07, 6.45) is 6.26. The molecular formula is C27H31NO5. The van der Waals surface area contributed by atoms with Gasteiger partial charge in [-0.15, -0.1) is 0 Å². The van der Waals surface area contributed by atoms with Crippen molar-refractivity contribution in [2.75, 3.05) is 19.6 Å². The van der Waals surface area contributed by atoms with Gasteiger partial charge < -0.3 is 14.4 Å². The molecule has 0 radical (unpaired) electrons. The number of hydrogen-bond donors (Lipinski definition) is 0. The normalized spacial score (nSPS) is 15.8. The third-order valence-electron chi connectivity index (χ3n) is 6.36. The van der Waals surface area contributed by atoms with Crippen molar-refractivity contribution in [3.05, 3.63) is 58.7 Å². The largest absolute Gasteiger partial charge is 0.426 e. The average Bonchev–Trinajstić information content (AvgIpc) is 2.96. The highest BCUT2D eigenvalue weighted by Gasteiger charge is 2.27. The SMILES string of the molecule is CCC(=O)Oc1cc(OC(=O)CCCN2CCCCC2)cc2c1C(=O)c1ccccc1CC2. The summed E-state index contributed by atoms with van der Waals surface area (Å²) in [6.45, 7) is 4.79. The number of rotatable bonds is 7. The van der Waals surface area contributed by atoms with Gasteiger partial charge in [-0.3, -0.25) is 14.4 Å². The van der Waals surface area contributed by atoms with Crippen molar-refractivity contribution < 1.29 is 23.9 Å². The Morgan fingerprint density at radius 3 is 2.48 bits per heavy atom. The van der Waals surface area contributed by atoms with Crippen LogP contribution in [0.1, 0.15) is 72.5 Å². The number of aryl methyl sites for hydroxylation is 2. The fraction of sp³-hybridized carbons (Fsp3) is 0.444. The van der Waals surface area contributed by atoms with Gasteiger partial charge in [-0.2, -0.15) is 0 Å². The van der Waals surface area contributed by atoms with Crippen LogP contribution in [0.25, 0.3) is 0 Å². The van der Waals surface area contributed by atoms with Crippen LogP contribution in [0.5, 0.6) is 11.5 Å². The van der Waals surface area contributed by atoms with E-state index in [2.05, 4.69) is 4.90 Å². The number of hydrogen-bond acceptors (Lipinski definition) is 6. The van der Waals surface area contributed by atoms with Crippen molar-refractivity contribution in [3.8, 4) is 11.5 Å². The lowest BCUT2D eigenvalue weighted by Crippen LogP contribution is -2.31. The second-order valence-corrected chi connectivity index (χ2v) is 8.75. The monoisotopic (exact) mass is 449 g/mol. The first-order chi connectivity index (χ1) is 16.0. The number of carbonyl (C=O) groups excluding carboxylic acids is 3. The van der Waals surface area contributed by atoms with Crippen LogP contribution >= 0.6 is 0 Å². The summed E-state index contributed by atoms with van der Waals surface area (Å²) in [6, 6.07) is 10.7. The van der Waals surface area contributed by atoms with Crippen LogP contribution in [0, 0.1) is 0 Å². The number of nitrogens with zero attached hydrogens (tertiary/aromatic N) is 1. The zero-order valence-corrected chi connectivity index (χ0v) is 19.2. The van der Waals surface area contributed by atoms with Gasteiger partial charge in [0.15, 0.2) is 5.78 Å². The molecule has 1 heterocycles. The molecule has 174 valence electrons. The van der Waals surface area contributed by atoms with Gasteiger partial charge in [-0.1, -0.05) is 37.6 Å². The van der Waals surface area contributed by atoms with Crippen LogP contribution in [0.4, 0.5) is 0 Å². The fourth-order valence-electron chi connectivity index (χ4n) is 4.61.